The predicted molar refractivity (Wildman–Crippen MR) is 114 cm³/mol. The number of benzene rings is 1. The Morgan fingerprint density at radius 1 is 1.03 bits per heavy atom. The quantitative estimate of drug-likeness (QED) is 0.799. The molecule has 0 saturated carbocycles. The van der Waals surface area contributed by atoms with Crippen LogP contribution in [-0.2, 0) is 0 Å². The molecule has 152 valence electrons. The Labute approximate surface area is 172 Å². The SMILES string of the molecule is Cc1cc(C)c(C#N)c(N2CCCC(N3CCN(c4ccc(F)cc4)CC3)C2)n1. The van der Waals surface area contributed by atoms with Gasteiger partial charge in [0.25, 0.3) is 0 Å². The highest BCUT2D eigenvalue weighted by Crippen LogP contribution is 2.27. The fourth-order valence-electron chi connectivity index (χ4n) is 4.63. The van der Waals surface area contributed by atoms with Crippen molar-refractivity contribution in [3.8, 4) is 6.07 Å². The molecule has 3 heterocycles. The Morgan fingerprint density at radius 3 is 2.45 bits per heavy atom. The van der Waals surface area contributed by atoms with E-state index >= 15 is 0 Å². The number of halogens is 1. The minimum Gasteiger partial charge on any atom is -0.369 e. The van der Waals surface area contributed by atoms with Crippen LogP contribution in [0.1, 0.15) is 29.7 Å². The number of aromatic nitrogens is 1. The first-order chi connectivity index (χ1) is 14.0. The zero-order chi connectivity index (χ0) is 20.4. The first-order valence-electron chi connectivity index (χ1n) is 10.4. The second-order valence-corrected chi connectivity index (χ2v) is 8.13. The van der Waals surface area contributed by atoms with Gasteiger partial charge in [-0.25, -0.2) is 9.37 Å². The predicted octanol–water partition coefficient (Wildman–Crippen LogP) is 3.50. The zero-order valence-corrected chi connectivity index (χ0v) is 17.2. The molecule has 2 aromatic rings. The molecule has 0 N–H and O–H groups in total. The van der Waals surface area contributed by atoms with Crippen molar-refractivity contribution >= 4 is 11.5 Å². The van der Waals surface area contributed by atoms with Crippen molar-refractivity contribution in [2.24, 2.45) is 0 Å². The largest absolute Gasteiger partial charge is 0.369 e. The summed E-state index contributed by atoms with van der Waals surface area (Å²) in [5.41, 5.74) is 3.77. The average molecular weight is 394 g/mol. The smallest absolute Gasteiger partial charge is 0.147 e. The molecule has 2 aliphatic rings. The van der Waals surface area contributed by atoms with Crippen LogP contribution in [0.25, 0.3) is 0 Å². The van der Waals surface area contributed by atoms with Gasteiger partial charge in [0.2, 0.25) is 0 Å². The molecule has 1 aromatic carbocycles. The summed E-state index contributed by atoms with van der Waals surface area (Å²) in [5, 5.41) is 9.63. The zero-order valence-electron chi connectivity index (χ0n) is 17.2. The summed E-state index contributed by atoms with van der Waals surface area (Å²) in [6.45, 7) is 9.77. The minimum atomic E-state index is -0.189. The molecular weight excluding hydrogens is 365 g/mol. The van der Waals surface area contributed by atoms with E-state index < -0.39 is 0 Å². The third-order valence-electron chi connectivity index (χ3n) is 6.16. The number of hydrogen-bond donors (Lipinski definition) is 0. The monoisotopic (exact) mass is 393 g/mol. The molecular formula is C23H28FN5. The van der Waals surface area contributed by atoms with Gasteiger partial charge in [0, 0.05) is 56.7 Å². The van der Waals surface area contributed by atoms with Gasteiger partial charge >= 0.3 is 0 Å². The summed E-state index contributed by atoms with van der Waals surface area (Å²) in [6.07, 6.45) is 2.29. The van der Waals surface area contributed by atoms with Gasteiger partial charge in [0.05, 0.1) is 5.56 Å². The number of rotatable bonds is 3. The van der Waals surface area contributed by atoms with Crippen molar-refractivity contribution in [2.45, 2.75) is 32.7 Å². The van der Waals surface area contributed by atoms with Crippen LogP contribution in [-0.4, -0.2) is 55.2 Å². The number of piperidine rings is 1. The van der Waals surface area contributed by atoms with Crippen LogP contribution in [0.2, 0.25) is 0 Å². The molecule has 0 radical (unpaired) electrons. The summed E-state index contributed by atoms with van der Waals surface area (Å²) >= 11 is 0. The van der Waals surface area contributed by atoms with Crippen LogP contribution in [0, 0.1) is 31.0 Å². The van der Waals surface area contributed by atoms with Crippen molar-refractivity contribution in [1.29, 1.82) is 5.26 Å². The van der Waals surface area contributed by atoms with Gasteiger partial charge in [-0.15, -0.1) is 0 Å². The molecule has 2 saturated heterocycles. The summed E-state index contributed by atoms with van der Waals surface area (Å²) < 4.78 is 13.2. The maximum Gasteiger partial charge on any atom is 0.147 e. The van der Waals surface area contributed by atoms with Crippen LogP contribution < -0.4 is 9.80 Å². The van der Waals surface area contributed by atoms with Crippen LogP contribution in [0.5, 0.6) is 0 Å². The van der Waals surface area contributed by atoms with E-state index in [2.05, 4.69) is 20.8 Å². The van der Waals surface area contributed by atoms with Crippen LogP contribution in [0.3, 0.4) is 0 Å². The number of aryl methyl sites for hydroxylation is 2. The molecule has 0 amide bonds. The number of nitrogens with zero attached hydrogens (tertiary/aromatic N) is 5. The summed E-state index contributed by atoms with van der Waals surface area (Å²) in [7, 11) is 0. The summed E-state index contributed by atoms with van der Waals surface area (Å²) in [6, 6.07) is 11.6. The van der Waals surface area contributed by atoms with Crippen molar-refractivity contribution in [3.63, 3.8) is 0 Å². The molecule has 0 aliphatic carbocycles. The highest BCUT2D eigenvalue weighted by molar-refractivity contribution is 5.58. The van der Waals surface area contributed by atoms with Gasteiger partial charge in [-0.1, -0.05) is 0 Å². The van der Waals surface area contributed by atoms with E-state index in [0.29, 0.717) is 11.6 Å². The molecule has 4 rings (SSSR count). The van der Waals surface area contributed by atoms with E-state index in [1.165, 1.54) is 18.6 Å². The lowest BCUT2D eigenvalue weighted by Crippen LogP contribution is -2.55. The number of anilines is 2. The molecule has 29 heavy (non-hydrogen) atoms. The Balaban J connectivity index is 1.42. The first kappa shape index (κ1) is 19.7. The third kappa shape index (κ3) is 4.20. The normalized spacial score (nSPS) is 20.6. The molecule has 1 atom stereocenters. The fourth-order valence-corrected chi connectivity index (χ4v) is 4.63. The van der Waals surface area contributed by atoms with Gasteiger partial charge in [-0.3, -0.25) is 4.90 Å². The standard InChI is InChI=1S/C23H28FN5/c1-17-14-18(2)26-23(22(17)15-25)29-9-3-4-21(16-29)28-12-10-27(11-13-28)20-7-5-19(24)6-8-20/h5-8,14,21H,3-4,9-13,16H2,1-2H3. The van der Waals surface area contributed by atoms with E-state index in [1.807, 2.05) is 32.0 Å². The number of pyridine rings is 1. The summed E-state index contributed by atoms with van der Waals surface area (Å²) in [5.74, 6) is 0.658. The van der Waals surface area contributed by atoms with Gasteiger partial charge in [0.15, 0.2) is 0 Å². The van der Waals surface area contributed by atoms with E-state index in [9.17, 15) is 9.65 Å². The second-order valence-electron chi connectivity index (χ2n) is 8.13. The Bertz CT molecular complexity index is 897. The lowest BCUT2D eigenvalue weighted by atomic mass is 10.0. The van der Waals surface area contributed by atoms with Crippen LogP contribution in [0.15, 0.2) is 30.3 Å². The lowest BCUT2D eigenvalue weighted by Gasteiger charge is -2.44. The molecule has 6 heteroatoms. The molecule has 1 unspecified atom stereocenters. The van der Waals surface area contributed by atoms with Gasteiger partial charge in [0.1, 0.15) is 17.7 Å². The molecule has 5 nitrogen and oxygen atoms in total. The fraction of sp³-hybridized carbons (Fsp3) is 0.478. The molecule has 1 aromatic heterocycles. The van der Waals surface area contributed by atoms with Crippen LogP contribution in [0.4, 0.5) is 15.9 Å². The highest BCUT2D eigenvalue weighted by Gasteiger charge is 2.30. The van der Waals surface area contributed by atoms with Gasteiger partial charge in [-0.05, 0) is 62.6 Å². The Kier molecular flexibility index (Phi) is 5.68. The minimum absolute atomic E-state index is 0.189. The van der Waals surface area contributed by atoms with Crippen LogP contribution >= 0.6 is 0 Å². The van der Waals surface area contributed by atoms with E-state index in [0.717, 1.165) is 68.5 Å². The van der Waals surface area contributed by atoms with Gasteiger partial charge in [-0.2, -0.15) is 5.26 Å². The van der Waals surface area contributed by atoms with Crippen molar-refractivity contribution < 1.29 is 4.39 Å². The van der Waals surface area contributed by atoms with E-state index in [1.54, 1.807) is 0 Å². The average Bonchev–Trinajstić information content (AvgIpc) is 2.74. The van der Waals surface area contributed by atoms with E-state index in [-0.39, 0.29) is 5.82 Å². The van der Waals surface area contributed by atoms with Crippen molar-refractivity contribution in [3.05, 3.63) is 53.0 Å². The summed E-state index contributed by atoms with van der Waals surface area (Å²) in [4.78, 5) is 11.9. The number of piperazine rings is 1. The van der Waals surface area contributed by atoms with E-state index in [4.69, 9.17) is 4.98 Å². The molecule has 2 aliphatic heterocycles. The van der Waals surface area contributed by atoms with Crippen molar-refractivity contribution in [2.75, 3.05) is 49.1 Å². The lowest BCUT2D eigenvalue weighted by molar-refractivity contribution is 0.166. The third-order valence-corrected chi connectivity index (χ3v) is 6.16. The first-order valence-corrected chi connectivity index (χ1v) is 10.4. The highest BCUT2D eigenvalue weighted by atomic mass is 19.1. The number of hydrogen-bond acceptors (Lipinski definition) is 5. The maximum absolute atomic E-state index is 13.2. The second kappa shape index (κ2) is 8.38. The Hall–Kier alpha value is -2.65. The topological polar surface area (TPSA) is 46.4 Å². The molecule has 2 fully saturated rings. The molecule has 0 spiro atoms. The Morgan fingerprint density at radius 2 is 1.76 bits per heavy atom. The van der Waals surface area contributed by atoms with Crippen molar-refractivity contribution in [1.82, 2.24) is 9.88 Å². The molecule has 0 bridgehead atoms. The van der Waals surface area contributed by atoms with Gasteiger partial charge < -0.3 is 9.80 Å². The number of nitriles is 1. The maximum atomic E-state index is 13.2.